The van der Waals surface area contributed by atoms with E-state index in [9.17, 15) is 9.59 Å². The van der Waals surface area contributed by atoms with Crippen molar-refractivity contribution in [3.63, 3.8) is 0 Å². The molecule has 3 fully saturated rings. The Labute approximate surface area is 218 Å². The first-order valence-electron chi connectivity index (χ1n) is 13.5. The summed E-state index contributed by atoms with van der Waals surface area (Å²) in [6.45, 7) is 6.74. The highest BCUT2D eigenvalue weighted by Crippen LogP contribution is 2.71. The van der Waals surface area contributed by atoms with E-state index in [0.29, 0.717) is 24.6 Å². The Hall–Kier alpha value is -3.35. The summed E-state index contributed by atoms with van der Waals surface area (Å²) in [6.07, 6.45) is 4.33. The maximum Gasteiger partial charge on any atom is 0.251 e. The third-order valence-corrected chi connectivity index (χ3v) is 9.29. The summed E-state index contributed by atoms with van der Waals surface area (Å²) >= 11 is 0. The molecule has 0 aromatic heterocycles. The lowest BCUT2D eigenvalue weighted by molar-refractivity contribution is -0.167. The lowest BCUT2D eigenvalue weighted by Gasteiger charge is -2.67. The highest BCUT2D eigenvalue weighted by molar-refractivity contribution is 6.00. The second-order valence-corrected chi connectivity index (χ2v) is 12.0. The highest BCUT2D eigenvalue weighted by Gasteiger charge is 2.63. The molecule has 0 saturated heterocycles. The SMILES string of the molecule is CC(C)[C@]1(C)CC(=O)N(C(c2cccc(C(=O)N[C@H]3CCOc4ccccc43)c2)C23CC(C2)C3)C(N)=N1. The molecular weight excluding hydrogens is 464 g/mol. The highest BCUT2D eigenvalue weighted by atomic mass is 16.5. The third-order valence-electron chi connectivity index (χ3n) is 9.29. The van der Waals surface area contributed by atoms with Crippen molar-refractivity contribution in [1.82, 2.24) is 10.2 Å². The fraction of sp³-hybridized carbons (Fsp3) is 0.500. The number of nitrogens with two attached hydrogens (primary N) is 1. The molecule has 2 aliphatic heterocycles. The Morgan fingerprint density at radius 2 is 1.92 bits per heavy atom. The zero-order valence-corrected chi connectivity index (χ0v) is 21.9. The number of guanidine groups is 1. The van der Waals surface area contributed by atoms with E-state index < -0.39 is 5.54 Å². The van der Waals surface area contributed by atoms with Crippen LogP contribution >= 0.6 is 0 Å². The number of ether oxygens (including phenoxy) is 1. The van der Waals surface area contributed by atoms with E-state index in [2.05, 4.69) is 19.2 Å². The van der Waals surface area contributed by atoms with Gasteiger partial charge in [-0.1, -0.05) is 44.2 Å². The van der Waals surface area contributed by atoms with Gasteiger partial charge in [-0.25, -0.2) is 4.99 Å². The molecule has 0 radical (unpaired) electrons. The maximum absolute atomic E-state index is 13.6. The Bertz CT molecular complexity index is 1270. The molecule has 194 valence electrons. The van der Waals surface area contributed by atoms with Crippen molar-refractivity contribution in [3.8, 4) is 5.75 Å². The molecule has 0 spiro atoms. The number of nitrogens with zero attached hydrogens (tertiary/aromatic N) is 2. The molecule has 3 aliphatic carbocycles. The van der Waals surface area contributed by atoms with Gasteiger partial charge in [-0.15, -0.1) is 0 Å². The molecule has 2 bridgehead atoms. The number of rotatable bonds is 6. The standard InChI is InChI=1S/C30H36N4O3/c1-18(2)29(3)17-25(35)34(28(31)33-29)26(30-14-19(15-30)16-30)20-7-6-8-21(13-20)27(36)32-23-11-12-37-24-10-5-4-9-22(23)24/h4-10,13,18-19,23,26H,11-12,14-17H2,1-3H3,(H2,31,33)(H,32,36)/t19?,23-,26?,29-,30?/m0/s1. The van der Waals surface area contributed by atoms with Crippen LogP contribution in [-0.2, 0) is 4.79 Å². The van der Waals surface area contributed by atoms with Crippen LogP contribution in [0.1, 0.15) is 86.4 Å². The van der Waals surface area contributed by atoms with E-state index in [1.807, 2.05) is 55.5 Å². The number of hydrogen-bond acceptors (Lipinski definition) is 5. The lowest BCUT2D eigenvalue weighted by atomic mass is 9.41. The molecule has 7 heteroatoms. The van der Waals surface area contributed by atoms with Crippen molar-refractivity contribution in [2.45, 2.75) is 70.5 Å². The molecule has 37 heavy (non-hydrogen) atoms. The summed E-state index contributed by atoms with van der Waals surface area (Å²) in [7, 11) is 0. The number of carbonyl (C=O) groups is 2. The van der Waals surface area contributed by atoms with Crippen LogP contribution in [0, 0.1) is 17.3 Å². The van der Waals surface area contributed by atoms with Gasteiger partial charge >= 0.3 is 0 Å². The third kappa shape index (κ3) is 3.90. The summed E-state index contributed by atoms with van der Waals surface area (Å²) in [6, 6.07) is 15.3. The maximum atomic E-state index is 13.6. The largest absolute Gasteiger partial charge is 0.493 e. The van der Waals surface area contributed by atoms with Crippen LogP contribution in [0.25, 0.3) is 0 Å². The number of fused-ring (bicyclic) bond motifs is 1. The van der Waals surface area contributed by atoms with Crippen LogP contribution in [0.5, 0.6) is 5.75 Å². The fourth-order valence-corrected chi connectivity index (χ4v) is 6.72. The Morgan fingerprint density at radius 3 is 2.59 bits per heavy atom. The molecule has 5 aliphatic rings. The van der Waals surface area contributed by atoms with E-state index in [1.54, 1.807) is 4.90 Å². The van der Waals surface area contributed by atoms with Gasteiger partial charge in [0.25, 0.3) is 5.91 Å². The molecule has 3 N–H and O–H groups in total. The number of benzene rings is 2. The van der Waals surface area contributed by atoms with E-state index >= 15 is 0 Å². The molecule has 7 nitrogen and oxygen atoms in total. The lowest BCUT2D eigenvalue weighted by Crippen LogP contribution is -2.63. The summed E-state index contributed by atoms with van der Waals surface area (Å²) in [5.41, 5.74) is 8.61. The number of aliphatic imine (C=N–C) groups is 1. The van der Waals surface area contributed by atoms with Crippen molar-refractivity contribution in [2.24, 2.45) is 28.0 Å². The van der Waals surface area contributed by atoms with E-state index in [-0.39, 0.29) is 35.2 Å². The average Bonchev–Trinajstić information content (AvgIpc) is 2.81. The Balaban J connectivity index is 1.31. The van der Waals surface area contributed by atoms with Gasteiger partial charge in [-0.2, -0.15) is 0 Å². The van der Waals surface area contributed by atoms with Crippen LogP contribution in [0.2, 0.25) is 0 Å². The van der Waals surface area contributed by atoms with Crippen molar-refractivity contribution in [1.29, 1.82) is 0 Å². The summed E-state index contributed by atoms with van der Waals surface area (Å²) in [5.74, 6) is 1.96. The first kappa shape index (κ1) is 24.0. The first-order valence-corrected chi connectivity index (χ1v) is 13.5. The van der Waals surface area contributed by atoms with Crippen LogP contribution in [-0.4, -0.2) is 34.8 Å². The van der Waals surface area contributed by atoms with E-state index in [4.69, 9.17) is 15.5 Å². The average molecular weight is 501 g/mol. The first-order chi connectivity index (χ1) is 17.7. The predicted octanol–water partition coefficient (Wildman–Crippen LogP) is 4.74. The second-order valence-electron chi connectivity index (χ2n) is 12.0. The molecule has 2 amide bonds. The molecule has 2 aromatic carbocycles. The monoisotopic (exact) mass is 500 g/mol. The zero-order chi connectivity index (χ0) is 25.9. The van der Waals surface area contributed by atoms with Gasteiger partial charge in [0.2, 0.25) is 5.91 Å². The number of nitrogens with one attached hydrogen (secondary N) is 1. The van der Waals surface area contributed by atoms with Gasteiger partial charge in [0.05, 0.1) is 30.7 Å². The number of amides is 2. The molecule has 7 rings (SSSR count). The predicted molar refractivity (Wildman–Crippen MR) is 142 cm³/mol. The van der Waals surface area contributed by atoms with Crippen molar-refractivity contribution in [3.05, 3.63) is 65.2 Å². The minimum absolute atomic E-state index is 0.0147. The molecular formula is C30H36N4O3. The summed E-state index contributed by atoms with van der Waals surface area (Å²) in [5, 5.41) is 3.21. The normalized spacial score (nSPS) is 30.9. The van der Waals surface area contributed by atoms with Gasteiger partial charge < -0.3 is 15.8 Å². The summed E-state index contributed by atoms with van der Waals surface area (Å²) < 4.78 is 5.76. The minimum Gasteiger partial charge on any atom is -0.493 e. The van der Waals surface area contributed by atoms with Gasteiger partial charge in [-0.3, -0.25) is 14.5 Å². The van der Waals surface area contributed by atoms with Gasteiger partial charge in [0, 0.05) is 17.5 Å². The van der Waals surface area contributed by atoms with Crippen LogP contribution in [0.3, 0.4) is 0 Å². The molecule has 3 saturated carbocycles. The number of para-hydroxylation sites is 1. The van der Waals surface area contributed by atoms with Gasteiger partial charge in [0.15, 0.2) is 5.96 Å². The van der Waals surface area contributed by atoms with Crippen LogP contribution < -0.4 is 15.8 Å². The van der Waals surface area contributed by atoms with Crippen LogP contribution in [0.15, 0.2) is 53.5 Å². The number of carbonyl (C=O) groups excluding carboxylic acids is 2. The topological polar surface area (TPSA) is 97.0 Å². The van der Waals surface area contributed by atoms with E-state index in [0.717, 1.165) is 48.5 Å². The van der Waals surface area contributed by atoms with Crippen molar-refractivity contribution < 1.29 is 14.3 Å². The van der Waals surface area contributed by atoms with Gasteiger partial charge in [0.1, 0.15) is 5.75 Å². The fourth-order valence-electron chi connectivity index (χ4n) is 6.72. The van der Waals surface area contributed by atoms with Crippen molar-refractivity contribution in [2.75, 3.05) is 6.61 Å². The molecule has 3 atom stereocenters. The quantitative estimate of drug-likeness (QED) is 0.599. The van der Waals surface area contributed by atoms with Crippen LogP contribution in [0.4, 0.5) is 0 Å². The zero-order valence-electron chi connectivity index (χ0n) is 21.9. The minimum atomic E-state index is -0.497. The van der Waals surface area contributed by atoms with E-state index in [1.165, 1.54) is 0 Å². The smallest absolute Gasteiger partial charge is 0.251 e. The van der Waals surface area contributed by atoms with Gasteiger partial charge in [-0.05, 0) is 67.2 Å². The Morgan fingerprint density at radius 1 is 1.16 bits per heavy atom. The van der Waals surface area contributed by atoms with Crippen molar-refractivity contribution >= 4 is 17.8 Å². The second kappa shape index (κ2) is 8.61. The molecule has 2 heterocycles. The Kier molecular flexibility index (Phi) is 5.58. The number of hydrogen-bond donors (Lipinski definition) is 2. The molecule has 1 unspecified atom stereocenters. The summed E-state index contributed by atoms with van der Waals surface area (Å²) in [4.78, 5) is 33.6. The molecule has 2 aromatic rings.